The molecule has 0 aromatic heterocycles. The SMILES string of the molecule is COc1ccc(C2(CNC(=O)C(N)C3CCOCC3)CCOCC2)cc1. The van der Waals surface area contributed by atoms with E-state index in [2.05, 4.69) is 17.4 Å². The molecule has 0 radical (unpaired) electrons. The summed E-state index contributed by atoms with van der Waals surface area (Å²) >= 11 is 0. The smallest absolute Gasteiger partial charge is 0.237 e. The number of rotatable bonds is 6. The number of hydrogen-bond acceptors (Lipinski definition) is 5. The molecule has 144 valence electrons. The monoisotopic (exact) mass is 362 g/mol. The molecular formula is C20H30N2O4. The first-order chi connectivity index (χ1) is 12.6. The molecule has 2 fully saturated rings. The molecule has 0 saturated carbocycles. The lowest BCUT2D eigenvalue weighted by Gasteiger charge is -2.38. The van der Waals surface area contributed by atoms with Crippen molar-refractivity contribution in [2.24, 2.45) is 11.7 Å². The molecular weight excluding hydrogens is 332 g/mol. The molecule has 6 heteroatoms. The van der Waals surface area contributed by atoms with Crippen LogP contribution in [0.1, 0.15) is 31.2 Å². The van der Waals surface area contributed by atoms with Crippen molar-refractivity contribution in [2.45, 2.75) is 37.1 Å². The minimum Gasteiger partial charge on any atom is -0.497 e. The van der Waals surface area contributed by atoms with Crippen LogP contribution in [0.25, 0.3) is 0 Å². The van der Waals surface area contributed by atoms with E-state index in [4.69, 9.17) is 19.9 Å². The van der Waals surface area contributed by atoms with Gasteiger partial charge in [0.1, 0.15) is 5.75 Å². The Balaban J connectivity index is 1.66. The van der Waals surface area contributed by atoms with Gasteiger partial charge in [0.2, 0.25) is 5.91 Å². The number of methoxy groups -OCH3 is 1. The number of hydrogen-bond donors (Lipinski definition) is 2. The number of ether oxygens (including phenoxy) is 3. The van der Waals surface area contributed by atoms with Gasteiger partial charge >= 0.3 is 0 Å². The van der Waals surface area contributed by atoms with Crippen molar-refractivity contribution in [1.29, 1.82) is 0 Å². The molecule has 0 aliphatic carbocycles. The highest BCUT2D eigenvalue weighted by molar-refractivity contribution is 5.82. The number of carbonyl (C=O) groups excluding carboxylic acids is 1. The topological polar surface area (TPSA) is 82.8 Å². The van der Waals surface area contributed by atoms with Crippen molar-refractivity contribution in [3.63, 3.8) is 0 Å². The first kappa shape index (κ1) is 19.1. The van der Waals surface area contributed by atoms with E-state index >= 15 is 0 Å². The highest BCUT2D eigenvalue weighted by Crippen LogP contribution is 2.35. The van der Waals surface area contributed by atoms with Crippen molar-refractivity contribution in [2.75, 3.05) is 40.1 Å². The number of carbonyl (C=O) groups is 1. The van der Waals surface area contributed by atoms with Crippen LogP contribution in [-0.4, -0.2) is 52.0 Å². The van der Waals surface area contributed by atoms with Crippen molar-refractivity contribution in [3.8, 4) is 5.75 Å². The van der Waals surface area contributed by atoms with Gasteiger partial charge in [-0.05, 0) is 49.3 Å². The Morgan fingerprint density at radius 1 is 1.19 bits per heavy atom. The molecule has 2 saturated heterocycles. The zero-order valence-electron chi connectivity index (χ0n) is 15.5. The number of nitrogens with one attached hydrogen (secondary N) is 1. The Bertz CT molecular complexity index is 578. The Hall–Kier alpha value is -1.63. The molecule has 3 rings (SSSR count). The maximum atomic E-state index is 12.6. The molecule has 0 spiro atoms. The minimum atomic E-state index is -0.466. The molecule has 0 bridgehead atoms. The zero-order valence-corrected chi connectivity index (χ0v) is 15.5. The summed E-state index contributed by atoms with van der Waals surface area (Å²) in [5.74, 6) is 0.980. The van der Waals surface area contributed by atoms with Crippen molar-refractivity contribution in [3.05, 3.63) is 29.8 Å². The van der Waals surface area contributed by atoms with Crippen LogP contribution in [0.5, 0.6) is 5.75 Å². The summed E-state index contributed by atoms with van der Waals surface area (Å²) in [5, 5.41) is 3.13. The first-order valence-electron chi connectivity index (χ1n) is 9.48. The highest BCUT2D eigenvalue weighted by Gasteiger charge is 2.36. The molecule has 1 unspecified atom stereocenters. The normalized spacial score (nSPS) is 21.8. The van der Waals surface area contributed by atoms with Crippen LogP contribution in [0.15, 0.2) is 24.3 Å². The second-order valence-corrected chi connectivity index (χ2v) is 7.31. The van der Waals surface area contributed by atoms with E-state index in [1.165, 1.54) is 5.56 Å². The number of benzene rings is 1. The lowest BCUT2D eigenvalue weighted by Crippen LogP contribution is -2.51. The third-order valence-corrected chi connectivity index (χ3v) is 5.83. The van der Waals surface area contributed by atoms with Gasteiger partial charge < -0.3 is 25.3 Å². The first-order valence-corrected chi connectivity index (χ1v) is 9.48. The van der Waals surface area contributed by atoms with Gasteiger partial charge in [0.25, 0.3) is 0 Å². The summed E-state index contributed by atoms with van der Waals surface area (Å²) in [6, 6.07) is 7.67. The van der Waals surface area contributed by atoms with E-state index in [-0.39, 0.29) is 17.2 Å². The van der Waals surface area contributed by atoms with E-state index in [1.807, 2.05) is 12.1 Å². The van der Waals surface area contributed by atoms with E-state index in [9.17, 15) is 4.79 Å². The minimum absolute atomic E-state index is 0.0590. The molecule has 1 aromatic carbocycles. The predicted octanol–water partition coefficient (Wildman–Crippen LogP) is 1.61. The third kappa shape index (κ3) is 4.37. The summed E-state index contributed by atoms with van der Waals surface area (Å²) in [4.78, 5) is 12.6. The molecule has 3 N–H and O–H groups in total. The molecule has 2 aliphatic rings. The van der Waals surface area contributed by atoms with Crippen LogP contribution in [0.2, 0.25) is 0 Å². The zero-order chi connectivity index (χ0) is 18.4. The summed E-state index contributed by atoms with van der Waals surface area (Å²) in [5.41, 5.74) is 7.31. The molecule has 1 atom stereocenters. The average molecular weight is 362 g/mol. The van der Waals surface area contributed by atoms with Crippen molar-refractivity contribution >= 4 is 5.91 Å². The molecule has 1 amide bonds. The number of nitrogens with two attached hydrogens (primary N) is 1. The lowest BCUT2D eigenvalue weighted by atomic mass is 9.74. The van der Waals surface area contributed by atoms with Gasteiger partial charge in [0.05, 0.1) is 13.2 Å². The maximum Gasteiger partial charge on any atom is 0.237 e. The van der Waals surface area contributed by atoms with Gasteiger partial charge in [-0.2, -0.15) is 0 Å². The Labute approximate surface area is 155 Å². The van der Waals surface area contributed by atoms with Crippen LogP contribution < -0.4 is 15.8 Å². The standard InChI is InChI=1S/C20H30N2O4/c1-24-17-4-2-16(3-5-17)20(8-12-26-13-9-20)14-22-19(23)18(21)15-6-10-25-11-7-15/h2-5,15,18H,6-14,21H2,1H3,(H,22,23). The van der Waals surface area contributed by atoms with E-state index < -0.39 is 6.04 Å². The molecule has 6 nitrogen and oxygen atoms in total. The van der Waals surface area contributed by atoms with Gasteiger partial charge in [-0.15, -0.1) is 0 Å². The lowest BCUT2D eigenvalue weighted by molar-refractivity contribution is -0.124. The summed E-state index contributed by atoms with van der Waals surface area (Å²) in [7, 11) is 1.66. The second-order valence-electron chi connectivity index (χ2n) is 7.31. The molecule has 1 aromatic rings. The Kier molecular flexibility index (Phi) is 6.51. The van der Waals surface area contributed by atoms with E-state index in [0.717, 1.165) is 31.4 Å². The fourth-order valence-corrected chi connectivity index (χ4v) is 3.94. The van der Waals surface area contributed by atoms with Gasteiger partial charge in [0.15, 0.2) is 0 Å². The van der Waals surface area contributed by atoms with E-state index in [0.29, 0.717) is 33.0 Å². The van der Waals surface area contributed by atoms with Gasteiger partial charge in [0, 0.05) is 38.4 Å². The third-order valence-electron chi connectivity index (χ3n) is 5.83. The average Bonchev–Trinajstić information content (AvgIpc) is 2.73. The van der Waals surface area contributed by atoms with Gasteiger partial charge in [-0.3, -0.25) is 4.79 Å². The summed E-state index contributed by atoms with van der Waals surface area (Å²) in [6.45, 7) is 3.37. The molecule has 26 heavy (non-hydrogen) atoms. The molecule has 2 heterocycles. The fraction of sp³-hybridized carbons (Fsp3) is 0.650. The Morgan fingerprint density at radius 2 is 1.81 bits per heavy atom. The van der Waals surface area contributed by atoms with Crippen molar-refractivity contribution in [1.82, 2.24) is 5.32 Å². The molecule has 2 aliphatic heterocycles. The largest absolute Gasteiger partial charge is 0.497 e. The van der Waals surface area contributed by atoms with Crippen LogP contribution in [0, 0.1) is 5.92 Å². The predicted molar refractivity (Wildman–Crippen MR) is 99.3 cm³/mol. The summed E-state index contributed by atoms with van der Waals surface area (Å²) in [6.07, 6.45) is 3.47. The summed E-state index contributed by atoms with van der Waals surface area (Å²) < 4.78 is 16.2. The van der Waals surface area contributed by atoms with Crippen molar-refractivity contribution < 1.29 is 19.0 Å². The Morgan fingerprint density at radius 3 is 2.42 bits per heavy atom. The van der Waals surface area contributed by atoms with Crippen LogP contribution in [-0.2, 0) is 19.7 Å². The van der Waals surface area contributed by atoms with Crippen LogP contribution in [0.4, 0.5) is 0 Å². The van der Waals surface area contributed by atoms with Gasteiger partial charge in [-0.1, -0.05) is 12.1 Å². The number of amides is 1. The van der Waals surface area contributed by atoms with E-state index in [1.54, 1.807) is 7.11 Å². The fourth-order valence-electron chi connectivity index (χ4n) is 3.94. The maximum absolute atomic E-state index is 12.6. The van der Waals surface area contributed by atoms with Crippen LogP contribution in [0.3, 0.4) is 0 Å². The quantitative estimate of drug-likeness (QED) is 0.803. The second kappa shape index (κ2) is 8.84. The van der Waals surface area contributed by atoms with Crippen LogP contribution >= 0.6 is 0 Å². The highest BCUT2D eigenvalue weighted by atomic mass is 16.5. The van der Waals surface area contributed by atoms with Gasteiger partial charge in [-0.25, -0.2) is 0 Å².